The van der Waals surface area contributed by atoms with E-state index in [9.17, 15) is 18.0 Å². The molecule has 9 heteroatoms. The zero-order valence-corrected chi connectivity index (χ0v) is 11.9. The quantitative estimate of drug-likeness (QED) is 0.627. The highest BCUT2D eigenvalue weighted by molar-refractivity contribution is 14.1. The second kappa shape index (κ2) is 6.37. The minimum atomic E-state index is -4.89. The molecule has 106 valence electrons. The van der Waals surface area contributed by atoms with Gasteiger partial charge in [0, 0.05) is 15.7 Å². The van der Waals surface area contributed by atoms with E-state index in [1.807, 2.05) is 22.6 Å². The van der Waals surface area contributed by atoms with Gasteiger partial charge in [-0.25, -0.2) is 4.98 Å². The van der Waals surface area contributed by atoms with E-state index >= 15 is 0 Å². The third-order valence-electron chi connectivity index (χ3n) is 2.06. The van der Waals surface area contributed by atoms with Crippen LogP contribution in [0.3, 0.4) is 0 Å². The van der Waals surface area contributed by atoms with Crippen molar-refractivity contribution in [3.63, 3.8) is 0 Å². The number of halogens is 4. The predicted molar refractivity (Wildman–Crippen MR) is 67.2 cm³/mol. The Kier molecular flexibility index (Phi) is 5.35. The van der Waals surface area contributed by atoms with E-state index in [4.69, 9.17) is 5.73 Å². The van der Waals surface area contributed by atoms with Crippen LogP contribution in [0.1, 0.15) is 11.3 Å². The van der Waals surface area contributed by atoms with Crippen molar-refractivity contribution < 1.29 is 27.4 Å². The zero-order valence-electron chi connectivity index (χ0n) is 9.75. The highest BCUT2D eigenvalue weighted by Crippen LogP contribution is 2.27. The molecule has 19 heavy (non-hydrogen) atoms. The molecule has 0 saturated heterocycles. The molecule has 0 atom stereocenters. The average Bonchev–Trinajstić information content (AvgIpc) is 2.30. The number of ether oxygens (including phenoxy) is 2. The summed E-state index contributed by atoms with van der Waals surface area (Å²) >= 11 is 1.87. The fourth-order valence-electron chi connectivity index (χ4n) is 1.24. The molecular formula is C10H10F3IN2O3. The molecule has 0 saturated carbocycles. The Morgan fingerprint density at radius 3 is 2.63 bits per heavy atom. The minimum Gasteiger partial charge on any atom is -0.469 e. The first kappa shape index (κ1) is 16.0. The van der Waals surface area contributed by atoms with Gasteiger partial charge in [0.2, 0.25) is 5.88 Å². The van der Waals surface area contributed by atoms with E-state index in [2.05, 4.69) is 14.5 Å². The van der Waals surface area contributed by atoms with Crippen LogP contribution < -0.4 is 10.5 Å². The molecule has 0 aliphatic carbocycles. The largest absolute Gasteiger partial charge is 0.574 e. The van der Waals surface area contributed by atoms with Gasteiger partial charge in [-0.3, -0.25) is 4.79 Å². The topological polar surface area (TPSA) is 74.4 Å². The molecule has 2 N–H and O–H groups in total. The summed E-state index contributed by atoms with van der Waals surface area (Å²) in [6, 6.07) is 1.37. The van der Waals surface area contributed by atoms with Crippen LogP contribution in [0.5, 0.6) is 5.88 Å². The number of hydrogen-bond donors (Lipinski definition) is 1. The van der Waals surface area contributed by atoms with Crippen LogP contribution in [0, 0.1) is 3.57 Å². The van der Waals surface area contributed by atoms with Crippen LogP contribution in [0.15, 0.2) is 6.07 Å². The van der Waals surface area contributed by atoms with Crippen molar-refractivity contribution in [1.82, 2.24) is 4.98 Å². The van der Waals surface area contributed by atoms with Crippen molar-refractivity contribution in [2.24, 2.45) is 5.73 Å². The van der Waals surface area contributed by atoms with Crippen molar-refractivity contribution in [2.45, 2.75) is 19.3 Å². The lowest BCUT2D eigenvalue weighted by atomic mass is 10.2. The summed E-state index contributed by atoms with van der Waals surface area (Å²) in [5.74, 6) is -1.37. The van der Waals surface area contributed by atoms with Gasteiger partial charge in [-0.1, -0.05) is 0 Å². The van der Waals surface area contributed by atoms with Crippen molar-refractivity contribution in [1.29, 1.82) is 0 Å². The SMILES string of the molecule is COC(=O)Cc1cc(I)c(CN)nc1OC(F)(F)F. The number of carbonyl (C=O) groups excluding carboxylic acids is 1. The molecule has 0 amide bonds. The Bertz CT molecular complexity index is 480. The fraction of sp³-hybridized carbons (Fsp3) is 0.400. The molecule has 5 nitrogen and oxygen atoms in total. The van der Waals surface area contributed by atoms with Crippen LogP contribution in [0.4, 0.5) is 13.2 Å². The molecule has 1 heterocycles. The summed E-state index contributed by atoms with van der Waals surface area (Å²) in [5, 5.41) is 0. The monoisotopic (exact) mass is 390 g/mol. The number of nitrogens with zero attached hydrogens (tertiary/aromatic N) is 1. The van der Waals surface area contributed by atoms with Gasteiger partial charge in [-0.15, -0.1) is 13.2 Å². The summed E-state index contributed by atoms with van der Waals surface area (Å²) in [6.07, 6.45) is -5.26. The number of nitrogens with two attached hydrogens (primary N) is 1. The lowest BCUT2D eigenvalue weighted by Crippen LogP contribution is -2.21. The highest BCUT2D eigenvalue weighted by Gasteiger charge is 2.33. The maximum atomic E-state index is 12.3. The summed E-state index contributed by atoms with van der Waals surface area (Å²) in [7, 11) is 1.14. The Morgan fingerprint density at radius 2 is 2.16 bits per heavy atom. The van der Waals surface area contributed by atoms with E-state index < -0.39 is 18.2 Å². The molecule has 0 unspecified atom stereocenters. The number of rotatable bonds is 4. The van der Waals surface area contributed by atoms with E-state index in [0.717, 1.165) is 7.11 Å². The Labute approximate surface area is 120 Å². The van der Waals surface area contributed by atoms with Gasteiger partial charge in [0.15, 0.2) is 0 Å². The van der Waals surface area contributed by atoms with Crippen LogP contribution in [0.25, 0.3) is 0 Å². The number of alkyl halides is 3. The van der Waals surface area contributed by atoms with Crippen molar-refractivity contribution in [3.05, 3.63) is 20.9 Å². The first-order valence-electron chi connectivity index (χ1n) is 4.97. The van der Waals surface area contributed by atoms with Gasteiger partial charge in [-0.2, -0.15) is 0 Å². The molecular weight excluding hydrogens is 380 g/mol. The predicted octanol–water partition coefficient (Wildman–Crippen LogP) is 1.76. The first-order chi connectivity index (χ1) is 8.76. The van der Waals surface area contributed by atoms with Gasteiger partial charge in [0.1, 0.15) is 0 Å². The molecule has 1 rings (SSSR count). The van der Waals surface area contributed by atoms with E-state index in [0.29, 0.717) is 3.57 Å². The van der Waals surface area contributed by atoms with Crippen LogP contribution >= 0.6 is 22.6 Å². The molecule has 1 aromatic rings. The fourth-order valence-corrected chi connectivity index (χ4v) is 1.96. The normalized spacial score (nSPS) is 11.3. The van der Waals surface area contributed by atoms with Crippen molar-refractivity contribution >= 4 is 28.6 Å². The van der Waals surface area contributed by atoms with Crippen LogP contribution in [0.2, 0.25) is 0 Å². The molecule has 0 aliphatic heterocycles. The van der Waals surface area contributed by atoms with E-state index in [-0.39, 0.29) is 24.2 Å². The maximum Gasteiger partial charge on any atom is 0.574 e. The number of hydrogen-bond acceptors (Lipinski definition) is 5. The summed E-state index contributed by atoms with van der Waals surface area (Å²) in [5.41, 5.74) is 5.61. The van der Waals surface area contributed by atoms with Gasteiger partial charge in [0.05, 0.1) is 19.2 Å². The van der Waals surface area contributed by atoms with Gasteiger partial charge >= 0.3 is 12.3 Å². The lowest BCUT2D eigenvalue weighted by molar-refractivity contribution is -0.276. The summed E-state index contributed by atoms with van der Waals surface area (Å²) < 4.78 is 45.5. The Balaban J connectivity index is 3.18. The lowest BCUT2D eigenvalue weighted by Gasteiger charge is -2.14. The van der Waals surface area contributed by atoms with Crippen molar-refractivity contribution in [3.8, 4) is 5.88 Å². The number of carbonyl (C=O) groups is 1. The van der Waals surface area contributed by atoms with Crippen LogP contribution in [-0.4, -0.2) is 24.4 Å². The second-order valence-electron chi connectivity index (χ2n) is 3.39. The zero-order chi connectivity index (χ0) is 14.6. The third kappa shape index (κ3) is 4.82. The molecule has 0 radical (unpaired) electrons. The van der Waals surface area contributed by atoms with Gasteiger partial charge in [-0.05, 0) is 28.7 Å². The molecule has 0 spiro atoms. The number of aromatic nitrogens is 1. The molecule has 0 aliphatic rings. The van der Waals surface area contributed by atoms with E-state index in [1.165, 1.54) is 6.07 Å². The molecule has 0 bridgehead atoms. The molecule has 1 aromatic heterocycles. The third-order valence-corrected chi connectivity index (χ3v) is 2.99. The number of methoxy groups -OCH3 is 1. The van der Waals surface area contributed by atoms with Gasteiger partial charge < -0.3 is 15.2 Å². The van der Waals surface area contributed by atoms with Crippen molar-refractivity contribution in [2.75, 3.05) is 7.11 Å². The average molecular weight is 390 g/mol. The summed E-state index contributed by atoms with van der Waals surface area (Å²) in [4.78, 5) is 14.8. The standard InChI is InChI=1S/C10H10F3IN2O3/c1-18-8(17)3-5-2-6(14)7(4-15)16-9(5)19-10(11,12)13/h2H,3-4,15H2,1H3. The Morgan fingerprint density at radius 1 is 1.53 bits per heavy atom. The van der Waals surface area contributed by atoms with Gasteiger partial charge in [0.25, 0.3) is 0 Å². The number of pyridine rings is 1. The summed E-state index contributed by atoms with van der Waals surface area (Å²) in [6.45, 7) is -0.0367. The highest BCUT2D eigenvalue weighted by atomic mass is 127. The van der Waals surface area contributed by atoms with E-state index in [1.54, 1.807) is 0 Å². The minimum absolute atomic E-state index is 0.00854. The number of esters is 1. The smallest absolute Gasteiger partial charge is 0.469 e. The maximum absolute atomic E-state index is 12.3. The van der Waals surface area contributed by atoms with Crippen LogP contribution in [-0.2, 0) is 22.5 Å². The first-order valence-corrected chi connectivity index (χ1v) is 6.05. The molecule has 0 fully saturated rings. The molecule has 0 aromatic carbocycles. The second-order valence-corrected chi connectivity index (χ2v) is 4.55. The Hall–Kier alpha value is -1.10.